The molecule has 1 unspecified atom stereocenters. The van der Waals surface area contributed by atoms with Gasteiger partial charge in [0.15, 0.2) is 0 Å². The van der Waals surface area contributed by atoms with E-state index in [1.54, 1.807) is 6.20 Å². The van der Waals surface area contributed by atoms with Crippen LogP contribution in [0.25, 0.3) is 10.8 Å². The second-order valence-electron chi connectivity index (χ2n) is 4.30. The van der Waals surface area contributed by atoms with Crippen LogP contribution in [0.5, 0.6) is 0 Å². The molecule has 1 heterocycles. The SMILES string of the molecule is NC(c1ccccn1)c1cccc2ccccc12. The number of hydrogen-bond donors (Lipinski definition) is 1. The Morgan fingerprint density at radius 1 is 0.833 bits per heavy atom. The second kappa shape index (κ2) is 4.59. The first-order valence-electron chi connectivity index (χ1n) is 6.00. The summed E-state index contributed by atoms with van der Waals surface area (Å²) in [5, 5.41) is 2.40. The lowest BCUT2D eigenvalue weighted by molar-refractivity contribution is 0.836. The summed E-state index contributed by atoms with van der Waals surface area (Å²) in [6, 6.07) is 20.1. The molecule has 0 aliphatic heterocycles. The Bertz CT molecular complexity index is 657. The van der Waals surface area contributed by atoms with Crippen molar-refractivity contribution in [3.63, 3.8) is 0 Å². The molecular weight excluding hydrogens is 220 g/mol. The smallest absolute Gasteiger partial charge is 0.0732 e. The van der Waals surface area contributed by atoms with Gasteiger partial charge in [0.05, 0.1) is 11.7 Å². The summed E-state index contributed by atoms with van der Waals surface area (Å²) in [4.78, 5) is 4.34. The fourth-order valence-corrected chi connectivity index (χ4v) is 2.24. The van der Waals surface area contributed by atoms with Gasteiger partial charge in [0, 0.05) is 6.20 Å². The number of rotatable bonds is 2. The second-order valence-corrected chi connectivity index (χ2v) is 4.30. The summed E-state index contributed by atoms with van der Waals surface area (Å²) in [7, 11) is 0. The molecule has 2 aromatic carbocycles. The van der Waals surface area contributed by atoms with Gasteiger partial charge in [-0.15, -0.1) is 0 Å². The van der Waals surface area contributed by atoms with E-state index in [2.05, 4.69) is 29.2 Å². The van der Waals surface area contributed by atoms with Crippen molar-refractivity contribution in [1.29, 1.82) is 0 Å². The van der Waals surface area contributed by atoms with Crippen molar-refractivity contribution in [2.75, 3.05) is 0 Å². The molecule has 0 saturated heterocycles. The van der Waals surface area contributed by atoms with Crippen LogP contribution in [0.4, 0.5) is 0 Å². The van der Waals surface area contributed by atoms with Crippen LogP contribution in [0, 0.1) is 0 Å². The Hall–Kier alpha value is -2.19. The number of pyridine rings is 1. The highest BCUT2D eigenvalue weighted by molar-refractivity contribution is 5.86. The topological polar surface area (TPSA) is 38.9 Å². The van der Waals surface area contributed by atoms with Gasteiger partial charge < -0.3 is 5.73 Å². The minimum atomic E-state index is -0.183. The average Bonchev–Trinajstić information content (AvgIpc) is 2.47. The van der Waals surface area contributed by atoms with E-state index in [1.807, 2.05) is 36.4 Å². The molecule has 0 aliphatic rings. The zero-order chi connectivity index (χ0) is 12.4. The van der Waals surface area contributed by atoms with Crippen LogP contribution < -0.4 is 5.73 Å². The van der Waals surface area contributed by atoms with Crippen LogP contribution >= 0.6 is 0 Å². The van der Waals surface area contributed by atoms with Crippen molar-refractivity contribution in [1.82, 2.24) is 4.98 Å². The Balaban J connectivity index is 2.15. The minimum absolute atomic E-state index is 0.183. The van der Waals surface area contributed by atoms with Gasteiger partial charge in [-0.3, -0.25) is 4.98 Å². The Labute approximate surface area is 106 Å². The van der Waals surface area contributed by atoms with E-state index in [4.69, 9.17) is 5.73 Å². The molecule has 2 heteroatoms. The summed E-state index contributed by atoms with van der Waals surface area (Å²) in [6.07, 6.45) is 1.78. The number of nitrogens with two attached hydrogens (primary N) is 1. The van der Waals surface area contributed by atoms with Gasteiger partial charge in [-0.1, -0.05) is 48.5 Å². The molecule has 1 atom stereocenters. The summed E-state index contributed by atoms with van der Waals surface area (Å²) in [6.45, 7) is 0. The maximum atomic E-state index is 6.32. The van der Waals surface area contributed by atoms with Crippen LogP contribution in [0.2, 0.25) is 0 Å². The van der Waals surface area contributed by atoms with Gasteiger partial charge in [-0.2, -0.15) is 0 Å². The lowest BCUT2D eigenvalue weighted by Gasteiger charge is -2.14. The lowest BCUT2D eigenvalue weighted by atomic mass is 9.97. The number of fused-ring (bicyclic) bond motifs is 1. The van der Waals surface area contributed by atoms with E-state index in [0.29, 0.717) is 0 Å². The monoisotopic (exact) mass is 234 g/mol. The molecule has 2 N–H and O–H groups in total. The molecule has 88 valence electrons. The van der Waals surface area contributed by atoms with Gasteiger partial charge in [-0.25, -0.2) is 0 Å². The first kappa shape index (κ1) is 10.9. The van der Waals surface area contributed by atoms with Gasteiger partial charge in [0.2, 0.25) is 0 Å². The summed E-state index contributed by atoms with van der Waals surface area (Å²) in [5.41, 5.74) is 8.33. The molecule has 3 aromatic rings. The third-order valence-corrected chi connectivity index (χ3v) is 3.16. The van der Waals surface area contributed by atoms with Gasteiger partial charge in [-0.05, 0) is 28.5 Å². The maximum Gasteiger partial charge on any atom is 0.0732 e. The van der Waals surface area contributed by atoms with Crippen molar-refractivity contribution in [2.45, 2.75) is 6.04 Å². The third kappa shape index (κ3) is 1.87. The number of nitrogens with zero attached hydrogens (tertiary/aromatic N) is 1. The summed E-state index contributed by atoms with van der Waals surface area (Å²) in [5.74, 6) is 0. The minimum Gasteiger partial charge on any atom is -0.319 e. The van der Waals surface area contributed by atoms with E-state index >= 15 is 0 Å². The number of hydrogen-bond acceptors (Lipinski definition) is 2. The van der Waals surface area contributed by atoms with E-state index in [9.17, 15) is 0 Å². The Morgan fingerprint density at radius 2 is 1.61 bits per heavy atom. The molecule has 3 rings (SSSR count). The molecule has 1 aromatic heterocycles. The molecule has 0 saturated carbocycles. The van der Waals surface area contributed by atoms with Gasteiger partial charge in [0.1, 0.15) is 0 Å². The highest BCUT2D eigenvalue weighted by Gasteiger charge is 2.12. The van der Waals surface area contributed by atoms with Gasteiger partial charge in [0.25, 0.3) is 0 Å². The standard InChI is InChI=1S/C16H14N2/c17-16(15-10-3-4-11-18-15)14-9-5-7-12-6-1-2-8-13(12)14/h1-11,16H,17H2. The Kier molecular flexibility index (Phi) is 2.79. The van der Waals surface area contributed by atoms with Crippen molar-refractivity contribution >= 4 is 10.8 Å². The molecule has 18 heavy (non-hydrogen) atoms. The maximum absolute atomic E-state index is 6.32. The number of aromatic nitrogens is 1. The predicted octanol–water partition coefficient (Wildman–Crippen LogP) is 3.28. The van der Waals surface area contributed by atoms with E-state index in [-0.39, 0.29) is 6.04 Å². The van der Waals surface area contributed by atoms with Crippen molar-refractivity contribution < 1.29 is 0 Å². The molecule has 0 spiro atoms. The molecule has 2 nitrogen and oxygen atoms in total. The predicted molar refractivity (Wildman–Crippen MR) is 74.2 cm³/mol. The van der Waals surface area contributed by atoms with Gasteiger partial charge >= 0.3 is 0 Å². The van der Waals surface area contributed by atoms with Crippen LogP contribution in [0.3, 0.4) is 0 Å². The summed E-state index contributed by atoms with van der Waals surface area (Å²) < 4.78 is 0. The quantitative estimate of drug-likeness (QED) is 0.739. The van der Waals surface area contributed by atoms with Crippen LogP contribution in [-0.2, 0) is 0 Å². The number of benzene rings is 2. The largest absolute Gasteiger partial charge is 0.319 e. The molecule has 0 bridgehead atoms. The normalized spacial score (nSPS) is 12.5. The first-order valence-corrected chi connectivity index (χ1v) is 6.00. The zero-order valence-electron chi connectivity index (χ0n) is 9.95. The van der Waals surface area contributed by atoms with E-state index in [0.717, 1.165) is 11.3 Å². The molecule has 0 amide bonds. The van der Waals surface area contributed by atoms with E-state index in [1.165, 1.54) is 10.8 Å². The van der Waals surface area contributed by atoms with Crippen molar-refractivity contribution in [3.8, 4) is 0 Å². The lowest BCUT2D eigenvalue weighted by Crippen LogP contribution is -2.13. The highest BCUT2D eigenvalue weighted by Crippen LogP contribution is 2.26. The van der Waals surface area contributed by atoms with Crippen LogP contribution in [0.1, 0.15) is 17.3 Å². The molecule has 0 fully saturated rings. The summed E-state index contributed by atoms with van der Waals surface area (Å²) >= 11 is 0. The van der Waals surface area contributed by atoms with Crippen molar-refractivity contribution in [3.05, 3.63) is 78.1 Å². The van der Waals surface area contributed by atoms with Crippen molar-refractivity contribution in [2.24, 2.45) is 5.73 Å². The average molecular weight is 234 g/mol. The third-order valence-electron chi connectivity index (χ3n) is 3.16. The van der Waals surface area contributed by atoms with Crippen LogP contribution in [0.15, 0.2) is 66.9 Å². The molecular formula is C16H14N2. The highest BCUT2D eigenvalue weighted by atomic mass is 14.8. The molecule has 0 radical (unpaired) electrons. The fraction of sp³-hybridized carbons (Fsp3) is 0.0625. The zero-order valence-corrected chi connectivity index (χ0v) is 9.95. The Morgan fingerprint density at radius 3 is 2.44 bits per heavy atom. The van der Waals surface area contributed by atoms with Crippen LogP contribution in [-0.4, -0.2) is 4.98 Å². The fourth-order valence-electron chi connectivity index (χ4n) is 2.24. The van der Waals surface area contributed by atoms with E-state index < -0.39 is 0 Å². The first-order chi connectivity index (χ1) is 8.86. The molecule has 0 aliphatic carbocycles.